The smallest absolute Gasteiger partial charge is 0.408 e. The van der Waals surface area contributed by atoms with Crippen molar-refractivity contribution in [2.75, 3.05) is 13.1 Å². The van der Waals surface area contributed by atoms with Crippen LogP contribution in [0.1, 0.15) is 27.2 Å². The number of aliphatic hydroxyl groups excluding tert-OH is 1. The molecule has 108 valence electrons. The molecule has 0 aromatic carbocycles. The Bertz CT molecular complexity index is 364. The summed E-state index contributed by atoms with van der Waals surface area (Å²) < 4.78 is 4.99. The monoisotopic (exact) mass is 272 g/mol. The Hall–Kier alpha value is -1.63. The largest absolute Gasteiger partial charge is 0.444 e. The average molecular weight is 272 g/mol. The third-order valence-electron chi connectivity index (χ3n) is 2.66. The van der Waals surface area contributed by atoms with Crippen LogP contribution in [0.15, 0.2) is 0 Å². The number of ether oxygens (including phenoxy) is 1. The highest BCUT2D eigenvalue weighted by molar-refractivity contribution is 5.85. The van der Waals surface area contributed by atoms with E-state index in [1.807, 2.05) is 0 Å². The zero-order valence-electron chi connectivity index (χ0n) is 11.4. The summed E-state index contributed by atoms with van der Waals surface area (Å²) in [6, 6.07) is -0.826. The van der Waals surface area contributed by atoms with Gasteiger partial charge in [0.25, 0.3) is 0 Å². The standard InChI is InChI=1S/C12H20N2O5/c1-12(2,3)19-11(18)13-6-10(17)14-5-4-9(16)8(14)7-15/h7-9,16H,4-6H2,1-3H3,(H,13,18)/t8-,9?/m1/s1. The fraction of sp³-hybridized carbons (Fsp3) is 0.750. The second kappa shape index (κ2) is 6.01. The van der Waals surface area contributed by atoms with Crippen molar-refractivity contribution in [1.82, 2.24) is 10.2 Å². The first kappa shape index (κ1) is 15.4. The molecule has 1 heterocycles. The first-order chi connectivity index (χ1) is 8.74. The summed E-state index contributed by atoms with van der Waals surface area (Å²) in [5.74, 6) is -0.417. The maximum absolute atomic E-state index is 11.8. The second-order valence-corrected chi connectivity index (χ2v) is 5.43. The fourth-order valence-corrected chi connectivity index (χ4v) is 1.82. The van der Waals surface area contributed by atoms with E-state index in [0.29, 0.717) is 19.3 Å². The third-order valence-corrected chi connectivity index (χ3v) is 2.66. The number of nitrogens with one attached hydrogen (secondary N) is 1. The van der Waals surface area contributed by atoms with Crippen LogP contribution in [0.2, 0.25) is 0 Å². The normalized spacial score (nSPS) is 23.1. The lowest BCUT2D eigenvalue weighted by molar-refractivity contribution is -0.135. The Labute approximate surface area is 111 Å². The third kappa shape index (κ3) is 4.51. The van der Waals surface area contributed by atoms with Gasteiger partial charge >= 0.3 is 6.09 Å². The fourth-order valence-electron chi connectivity index (χ4n) is 1.82. The van der Waals surface area contributed by atoms with Crippen molar-refractivity contribution in [1.29, 1.82) is 0 Å². The van der Waals surface area contributed by atoms with Crippen LogP contribution in [-0.4, -0.2) is 59.1 Å². The molecule has 1 aliphatic rings. The molecule has 1 rings (SSSR count). The number of rotatable bonds is 3. The van der Waals surface area contributed by atoms with Gasteiger partial charge in [0, 0.05) is 6.54 Å². The van der Waals surface area contributed by atoms with Gasteiger partial charge in [0.2, 0.25) is 5.91 Å². The lowest BCUT2D eigenvalue weighted by Gasteiger charge is -2.23. The molecule has 7 nitrogen and oxygen atoms in total. The quantitative estimate of drug-likeness (QED) is 0.686. The summed E-state index contributed by atoms with van der Waals surface area (Å²) in [6.45, 7) is 5.19. The molecule has 1 fully saturated rings. The number of carbonyl (C=O) groups is 3. The average Bonchev–Trinajstić information content (AvgIpc) is 2.65. The topological polar surface area (TPSA) is 95.9 Å². The van der Waals surface area contributed by atoms with Crippen molar-refractivity contribution < 1.29 is 24.2 Å². The van der Waals surface area contributed by atoms with E-state index < -0.39 is 29.7 Å². The summed E-state index contributed by atoms with van der Waals surface area (Å²) in [7, 11) is 0. The molecule has 1 saturated heterocycles. The maximum atomic E-state index is 11.8. The van der Waals surface area contributed by atoms with E-state index in [9.17, 15) is 19.5 Å². The summed E-state index contributed by atoms with van der Waals surface area (Å²) in [5, 5.41) is 11.8. The first-order valence-electron chi connectivity index (χ1n) is 6.14. The summed E-state index contributed by atoms with van der Waals surface area (Å²) in [5.41, 5.74) is -0.637. The molecule has 0 bridgehead atoms. The summed E-state index contributed by atoms with van der Waals surface area (Å²) in [6.07, 6.45) is -0.615. The van der Waals surface area contributed by atoms with Crippen molar-refractivity contribution in [3.05, 3.63) is 0 Å². The van der Waals surface area contributed by atoms with Crippen LogP contribution < -0.4 is 5.32 Å². The SMILES string of the molecule is CC(C)(C)OC(=O)NCC(=O)N1CCC(O)[C@H]1C=O. The molecule has 2 atom stereocenters. The molecule has 2 amide bonds. The van der Waals surface area contributed by atoms with Gasteiger partial charge in [-0.1, -0.05) is 0 Å². The van der Waals surface area contributed by atoms with Gasteiger partial charge in [0.1, 0.15) is 24.5 Å². The van der Waals surface area contributed by atoms with Crippen molar-refractivity contribution in [3.8, 4) is 0 Å². The molecule has 0 saturated carbocycles. The Morgan fingerprint density at radius 1 is 1.47 bits per heavy atom. The van der Waals surface area contributed by atoms with Gasteiger partial charge in [-0.3, -0.25) is 4.79 Å². The highest BCUT2D eigenvalue weighted by Gasteiger charge is 2.35. The highest BCUT2D eigenvalue weighted by atomic mass is 16.6. The van der Waals surface area contributed by atoms with Gasteiger partial charge in [-0.05, 0) is 27.2 Å². The number of alkyl carbamates (subject to hydrolysis) is 1. The number of nitrogens with zero attached hydrogens (tertiary/aromatic N) is 1. The lowest BCUT2D eigenvalue weighted by Crippen LogP contribution is -2.46. The second-order valence-electron chi connectivity index (χ2n) is 5.43. The van der Waals surface area contributed by atoms with Crippen molar-refractivity contribution in [3.63, 3.8) is 0 Å². The number of likely N-dealkylation sites (tertiary alicyclic amines) is 1. The number of hydrogen-bond acceptors (Lipinski definition) is 5. The van der Waals surface area contributed by atoms with Crippen molar-refractivity contribution in [2.24, 2.45) is 0 Å². The van der Waals surface area contributed by atoms with Crippen LogP contribution in [0.3, 0.4) is 0 Å². The molecule has 0 aromatic rings. The number of amides is 2. The molecule has 1 unspecified atom stereocenters. The minimum Gasteiger partial charge on any atom is -0.444 e. The maximum Gasteiger partial charge on any atom is 0.408 e. The molecule has 19 heavy (non-hydrogen) atoms. The first-order valence-corrected chi connectivity index (χ1v) is 6.14. The highest BCUT2D eigenvalue weighted by Crippen LogP contribution is 2.16. The lowest BCUT2D eigenvalue weighted by atomic mass is 10.2. The van der Waals surface area contributed by atoms with Gasteiger partial charge < -0.3 is 24.9 Å². The Balaban J connectivity index is 2.44. The Kier molecular flexibility index (Phi) is 4.88. The molecule has 0 spiro atoms. The van der Waals surface area contributed by atoms with Gasteiger partial charge in [0.05, 0.1) is 6.10 Å². The van der Waals surface area contributed by atoms with Crippen LogP contribution in [0.25, 0.3) is 0 Å². The predicted molar refractivity (Wildman–Crippen MR) is 66.4 cm³/mol. The molecule has 0 aromatic heterocycles. The van der Waals surface area contributed by atoms with E-state index in [2.05, 4.69) is 5.32 Å². The van der Waals surface area contributed by atoms with Crippen molar-refractivity contribution >= 4 is 18.3 Å². The van der Waals surface area contributed by atoms with E-state index in [4.69, 9.17) is 4.74 Å². The molecule has 2 N–H and O–H groups in total. The van der Waals surface area contributed by atoms with Crippen LogP contribution >= 0.6 is 0 Å². The number of aldehydes is 1. The van der Waals surface area contributed by atoms with Gasteiger partial charge in [-0.25, -0.2) is 4.79 Å². The molecule has 1 aliphatic heterocycles. The van der Waals surface area contributed by atoms with Crippen LogP contribution in [0.5, 0.6) is 0 Å². The summed E-state index contributed by atoms with van der Waals surface area (Å²) in [4.78, 5) is 35.2. The molecule has 0 radical (unpaired) electrons. The molecular formula is C12H20N2O5. The van der Waals surface area contributed by atoms with Crippen LogP contribution in [0.4, 0.5) is 4.79 Å². The van der Waals surface area contributed by atoms with Crippen molar-refractivity contribution in [2.45, 2.75) is 44.9 Å². The van der Waals surface area contributed by atoms with Crippen LogP contribution in [-0.2, 0) is 14.3 Å². The Morgan fingerprint density at radius 2 is 2.11 bits per heavy atom. The van der Waals surface area contributed by atoms with E-state index in [0.717, 1.165) is 0 Å². The minimum atomic E-state index is -0.831. The molecule has 0 aliphatic carbocycles. The minimum absolute atomic E-state index is 0.258. The predicted octanol–water partition coefficient (Wildman–Crippen LogP) is -0.328. The Morgan fingerprint density at radius 3 is 2.63 bits per heavy atom. The van der Waals surface area contributed by atoms with E-state index in [1.54, 1.807) is 20.8 Å². The number of hydrogen-bond donors (Lipinski definition) is 2. The van der Waals surface area contributed by atoms with E-state index in [-0.39, 0.29) is 6.54 Å². The zero-order valence-corrected chi connectivity index (χ0v) is 11.4. The number of aliphatic hydroxyl groups is 1. The van der Waals surface area contributed by atoms with Crippen LogP contribution in [0, 0.1) is 0 Å². The number of carbonyl (C=O) groups excluding carboxylic acids is 3. The van der Waals surface area contributed by atoms with Gasteiger partial charge in [-0.2, -0.15) is 0 Å². The zero-order chi connectivity index (χ0) is 14.6. The summed E-state index contributed by atoms with van der Waals surface area (Å²) >= 11 is 0. The van der Waals surface area contributed by atoms with E-state index >= 15 is 0 Å². The molecular weight excluding hydrogens is 252 g/mol. The van der Waals surface area contributed by atoms with Gasteiger partial charge in [0.15, 0.2) is 0 Å². The molecule has 7 heteroatoms. The van der Waals surface area contributed by atoms with Gasteiger partial charge in [-0.15, -0.1) is 0 Å². The van der Waals surface area contributed by atoms with E-state index in [1.165, 1.54) is 4.90 Å².